The maximum absolute atomic E-state index is 12.9. The lowest BCUT2D eigenvalue weighted by atomic mass is 10.2. The zero-order valence-corrected chi connectivity index (χ0v) is 15.4. The van der Waals surface area contributed by atoms with Crippen molar-refractivity contribution in [2.45, 2.75) is 6.92 Å². The lowest BCUT2D eigenvalue weighted by molar-refractivity contribution is -0.117. The van der Waals surface area contributed by atoms with Gasteiger partial charge in [0.1, 0.15) is 12.3 Å². The van der Waals surface area contributed by atoms with E-state index in [2.05, 4.69) is 15.4 Å². The number of nitrogens with one attached hydrogen (secondary N) is 1. The number of nitrogens with zero attached hydrogens (tertiary/aromatic N) is 3. The molecule has 0 atom stereocenters. The van der Waals surface area contributed by atoms with Crippen molar-refractivity contribution in [2.75, 3.05) is 51.3 Å². The van der Waals surface area contributed by atoms with Gasteiger partial charge in [0.25, 0.3) is 5.91 Å². The number of morpholine rings is 1. The normalized spacial score (nSPS) is 14.7. The van der Waals surface area contributed by atoms with Crippen molar-refractivity contribution < 1.29 is 18.8 Å². The number of carbonyl (C=O) groups excluding carboxylic acids is 2. The molecule has 1 aliphatic rings. The summed E-state index contributed by atoms with van der Waals surface area (Å²) in [7, 11) is 0. The average molecular weight is 372 g/mol. The second kappa shape index (κ2) is 9.29. The summed E-state index contributed by atoms with van der Waals surface area (Å²) in [5, 5.41) is 6.42. The van der Waals surface area contributed by atoms with Gasteiger partial charge in [-0.05, 0) is 19.1 Å². The Morgan fingerprint density at radius 3 is 2.63 bits per heavy atom. The molecule has 0 bridgehead atoms. The zero-order chi connectivity index (χ0) is 19.1. The molecule has 2 aromatic rings. The predicted molar refractivity (Wildman–Crippen MR) is 99.5 cm³/mol. The number of hydrogen-bond acceptors (Lipinski definition) is 6. The van der Waals surface area contributed by atoms with Gasteiger partial charge in [-0.15, -0.1) is 0 Å². The van der Waals surface area contributed by atoms with E-state index in [9.17, 15) is 9.59 Å². The zero-order valence-electron chi connectivity index (χ0n) is 15.4. The third kappa shape index (κ3) is 5.63. The van der Waals surface area contributed by atoms with E-state index in [1.807, 2.05) is 18.2 Å². The minimum atomic E-state index is -0.311. The first kappa shape index (κ1) is 19.1. The fraction of sp³-hybridized carbons (Fsp3) is 0.421. The molecule has 8 heteroatoms. The van der Waals surface area contributed by atoms with Crippen molar-refractivity contribution in [2.24, 2.45) is 0 Å². The fourth-order valence-electron chi connectivity index (χ4n) is 2.88. The highest BCUT2D eigenvalue weighted by atomic mass is 16.5. The summed E-state index contributed by atoms with van der Waals surface area (Å²) in [6.45, 7) is 5.89. The van der Waals surface area contributed by atoms with Crippen molar-refractivity contribution in [1.29, 1.82) is 0 Å². The van der Waals surface area contributed by atoms with Crippen LogP contribution in [0.1, 0.15) is 16.1 Å². The topological polar surface area (TPSA) is 87.9 Å². The minimum Gasteiger partial charge on any atom is -0.379 e. The van der Waals surface area contributed by atoms with E-state index in [1.54, 1.807) is 30.0 Å². The molecule has 1 aromatic carbocycles. The molecule has 144 valence electrons. The molecule has 1 aliphatic heterocycles. The van der Waals surface area contributed by atoms with Crippen molar-refractivity contribution in [1.82, 2.24) is 15.0 Å². The Hall–Kier alpha value is -2.71. The maximum atomic E-state index is 12.9. The maximum Gasteiger partial charge on any atom is 0.254 e. The first-order valence-corrected chi connectivity index (χ1v) is 8.99. The van der Waals surface area contributed by atoms with E-state index >= 15 is 0 Å². The van der Waals surface area contributed by atoms with Gasteiger partial charge in [-0.1, -0.05) is 23.4 Å². The average Bonchev–Trinajstić information content (AvgIpc) is 3.10. The van der Waals surface area contributed by atoms with Gasteiger partial charge in [-0.3, -0.25) is 14.5 Å². The summed E-state index contributed by atoms with van der Waals surface area (Å²) in [6, 6.07) is 10.6. The van der Waals surface area contributed by atoms with Crippen LogP contribution >= 0.6 is 0 Å². The molecule has 1 N–H and O–H groups in total. The molecule has 0 unspecified atom stereocenters. The summed E-state index contributed by atoms with van der Waals surface area (Å²) in [4.78, 5) is 29.1. The molecular formula is C19H24N4O4. The van der Waals surface area contributed by atoms with Crippen LogP contribution in [0.25, 0.3) is 0 Å². The summed E-state index contributed by atoms with van der Waals surface area (Å²) >= 11 is 0. The van der Waals surface area contributed by atoms with Gasteiger partial charge in [-0.2, -0.15) is 0 Å². The van der Waals surface area contributed by atoms with E-state index < -0.39 is 0 Å². The number of ether oxygens (including phenoxy) is 1. The molecule has 0 aliphatic carbocycles. The smallest absolute Gasteiger partial charge is 0.254 e. The number of benzene rings is 1. The SMILES string of the molecule is Cc1cc(NC(=O)CN(CCN2CCOCC2)C(=O)c2ccccc2)no1. The molecule has 3 rings (SSSR count). The second-order valence-corrected chi connectivity index (χ2v) is 6.42. The van der Waals surface area contributed by atoms with Gasteiger partial charge in [0.15, 0.2) is 5.82 Å². The van der Waals surface area contributed by atoms with Gasteiger partial charge < -0.3 is 19.5 Å². The Bertz CT molecular complexity index is 756. The van der Waals surface area contributed by atoms with E-state index in [-0.39, 0.29) is 18.4 Å². The summed E-state index contributed by atoms with van der Waals surface area (Å²) in [5.41, 5.74) is 0.560. The molecule has 2 heterocycles. The summed E-state index contributed by atoms with van der Waals surface area (Å²) in [5.74, 6) is 0.470. The molecular weight excluding hydrogens is 348 g/mol. The van der Waals surface area contributed by atoms with Crippen LogP contribution in [0.4, 0.5) is 5.82 Å². The quantitative estimate of drug-likeness (QED) is 0.790. The van der Waals surface area contributed by atoms with Gasteiger partial charge in [0.05, 0.1) is 13.2 Å². The second-order valence-electron chi connectivity index (χ2n) is 6.42. The number of aryl methyl sites for hydroxylation is 1. The lowest BCUT2D eigenvalue weighted by Crippen LogP contribution is -2.45. The lowest BCUT2D eigenvalue weighted by Gasteiger charge is -2.30. The van der Waals surface area contributed by atoms with E-state index in [0.717, 1.165) is 13.1 Å². The molecule has 0 radical (unpaired) electrons. The van der Waals surface area contributed by atoms with Crippen LogP contribution < -0.4 is 5.32 Å². The number of amides is 2. The van der Waals surface area contributed by atoms with Crippen LogP contribution in [0.2, 0.25) is 0 Å². The third-order valence-corrected chi connectivity index (χ3v) is 4.33. The molecule has 2 amide bonds. The molecule has 1 saturated heterocycles. The van der Waals surface area contributed by atoms with Crippen LogP contribution in [0.5, 0.6) is 0 Å². The highest BCUT2D eigenvalue weighted by Crippen LogP contribution is 2.09. The minimum absolute atomic E-state index is 0.0516. The fourth-order valence-corrected chi connectivity index (χ4v) is 2.88. The largest absolute Gasteiger partial charge is 0.379 e. The summed E-state index contributed by atoms with van der Waals surface area (Å²) in [6.07, 6.45) is 0. The molecule has 0 spiro atoms. The van der Waals surface area contributed by atoms with Crippen LogP contribution in [0.15, 0.2) is 40.9 Å². The molecule has 0 saturated carbocycles. The number of aromatic nitrogens is 1. The number of hydrogen-bond donors (Lipinski definition) is 1. The molecule has 8 nitrogen and oxygen atoms in total. The summed E-state index contributed by atoms with van der Waals surface area (Å²) < 4.78 is 10.3. The van der Waals surface area contributed by atoms with Gasteiger partial charge in [0, 0.05) is 37.8 Å². The van der Waals surface area contributed by atoms with Crippen LogP contribution in [-0.4, -0.2) is 72.7 Å². The van der Waals surface area contributed by atoms with E-state index in [1.165, 1.54) is 0 Å². The van der Waals surface area contributed by atoms with Crippen molar-refractivity contribution in [3.8, 4) is 0 Å². The molecule has 1 fully saturated rings. The van der Waals surface area contributed by atoms with Crippen molar-refractivity contribution in [3.05, 3.63) is 47.7 Å². The van der Waals surface area contributed by atoms with Crippen molar-refractivity contribution >= 4 is 17.6 Å². The van der Waals surface area contributed by atoms with Gasteiger partial charge in [-0.25, -0.2) is 0 Å². The first-order chi connectivity index (χ1) is 13.1. The Labute approximate surface area is 158 Å². The number of rotatable bonds is 7. The van der Waals surface area contributed by atoms with E-state index in [0.29, 0.717) is 43.4 Å². The van der Waals surface area contributed by atoms with Gasteiger partial charge >= 0.3 is 0 Å². The van der Waals surface area contributed by atoms with Gasteiger partial charge in [0.2, 0.25) is 5.91 Å². The molecule has 27 heavy (non-hydrogen) atoms. The standard InChI is InChI=1S/C19H24N4O4/c1-15-13-17(21-27-15)20-18(24)14-23(8-7-22-9-11-26-12-10-22)19(25)16-5-3-2-4-6-16/h2-6,13H,7-12,14H2,1H3,(H,20,21,24). The third-order valence-electron chi connectivity index (χ3n) is 4.33. The number of anilines is 1. The predicted octanol–water partition coefficient (Wildman–Crippen LogP) is 1.40. The van der Waals surface area contributed by atoms with Crippen LogP contribution in [0, 0.1) is 6.92 Å². The number of carbonyl (C=O) groups is 2. The van der Waals surface area contributed by atoms with Crippen molar-refractivity contribution in [3.63, 3.8) is 0 Å². The Morgan fingerprint density at radius 2 is 1.96 bits per heavy atom. The Balaban J connectivity index is 1.64. The Morgan fingerprint density at radius 1 is 1.22 bits per heavy atom. The highest BCUT2D eigenvalue weighted by Gasteiger charge is 2.21. The Kier molecular flexibility index (Phi) is 6.56. The first-order valence-electron chi connectivity index (χ1n) is 8.99. The van der Waals surface area contributed by atoms with E-state index in [4.69, 9.17) is 9.26 Å². The van der Waals surface area contributed by atoms with Crippen LogP contribution in [-0.2, 0) is 9.53 Å². The molecule has 1 aromatic heterocycles. The highest BCUT2D eigenvalue weighted by molar-refractivity contribution is 5.99. The monoisotopic (exact) mass is 372 g/mol. The van der Waals surface area contributed by atoms with Crippen LogP contribution in [0.3, 0.4) is 0 Å².